The van der Waals surface area contributed by atoms with E-state index in [-0.39, 0.29) is 0 Å². The first-order chi connectivity index (χ1) is 8.93. The Balaban J connectivity index is 1.87. The summed E-state index contributed by atoms with van der Waals surface area (Å²) in [4.78, 5) is 2.40. The number of anilines is 1. The summed E-state index contributed by atoms with van der Waals surface area (Å²) in [6.07, 6.45) is 4.71. The minimum atomic E-state index is 0.941. The van der Waals surface area contributed by atoms with Gasteiger partial charge in [-0.1, -0.05) is 48.5 Å². The molecule has 0 saturated carbocycles. The molecule has 0 atom stereocenters. The molecular weight excluding hydrogens is 218 g/mol. The van der Waals surface area contributed by atoms with Gasteiger partial charge < -0.3 is 4.90 Å². The van der Waals surface area contributed by atoms with E-state index >= 15 is 0 Å². The molecule has 1 heteroatoms. The molecule has 2 aromatic carbocycles. The number of rotatable bonds is 4. The van der Waals surface area contributed by atoms with Crippen molar-refractivity contribution in [2.45, 2.75) is 19.4 Å². The average Bonchev–Trinajstić information content (AvgIpc) is 2.38. The van der Waals surface area contributed by atoms with E-state index in [9.17, 15) is 0 Å². The van der Waals surface area contributed by atoms with E-state index in [1.165, 1.54) is 29.8 Å². The second-order valence-electron chi connectivity index (χ2n) is 4.56. The molecule has 0 bridgehead atoms. The van der Waals surface area contributed by atoms with E-state index < -0.39 is 0 Å². The topological polar surface area (TPSA) is 3.24 Å². The molecule has 0 aliphatic heterocycles. The molecule has 0 N–H and O–H groups in total. The highest BCUT2D eigenvalue weighted by atomic mass is 15.1. The van der Waals surface area contributed by atoms with Gasteiger partial charge in [0.15, 0.2) is 0 Å². The van der Waals surface area contributed by atoms with E-state index in [0.29, 0.717) is 0 Å². The second-order valence-corrected chi connectivity index (χ2v) is 4.56. The van der Waals surface area contributed by atoms with Gasteiger partial charge in [0.25, 0.3) is 0 Å². The maximum atomic E-state index is 3.08. The van der Waals surface area contributed by atoms with Gasteiger partial charge in [-0.15, -0.1) is 0 Å². The highest BCUT2D eigenvalue weighted by molar-refractivity contribution is 5.53. The van der Waals surface area contributed by atoms with Gasteiger partial charge in [-0.05, 0) is 36.6 Å². The van der Waals surface area contributed by atoms with Gasteiger partial charge in [-0.25, -0.2) is 0 Å². The first-order valence-corrected chi connectivity index (χ1v) is 6.40. The summed E-state index contributed by atoms with van der Waals surface area (Å²) in [5.74, 6) is 0. The van der Waals surface area contributed by atoms with Crippen LogP contribution in [0, 0.1) is 6.07 Å². The molecule has 18 heavy (non-hydrogen) atoms. The number of benzene rings is 2. The number of hydrogen-bond donors (Lipinski definition) is 0. The smallest absolute Gasteiger partial charge is 0.0478 e. The minimum Gasteiger partial charge on any atom is -0.341 e. The van der Waals surface area contributed by atoms with E-state index in [2.05, 4.69) is 59.5 Å². The predicted octanol–water partition coefficient (Wildman–Crippen LogP) is 4.17. The monoisotopic (exact) mass is 234 g/mol. The van der Waals surface area contributed by atoms with Crippen molar-refractivity contribution in [3.63, 3.8) is 0 Å². The van der Waals surface area contributed by atoms with Gasteiger partial charge >= 0.3 is 0 Å². The van der Waals surface area contributed by atoms with Crippen LogP contribution >= 0.6 is 0 Å². The normalized spacial score (nSPS) is 13.7. The molecule has 0 amide bonds. The van der Waals surface area contributed by atoms with E-state index in [4.69, 9.17) is 0 Å². The van der Waals surface area contributed by atoms with E-state index in [1.807, 2.05) is 12.1 Å². The minimum absolute atomic E-state index is 0.941. The molecule has 1 aliphatic carbocycles. The Morgan fingerprint density at radius 3 is 2.33 bits per heavy atom. The van der Waals surface area contributed by atoms with Crippen LogP contribution in [0.15, 0.2) is 66.4 Å². The lowest BCUT2D eigenvalue weighted by molar-refractivity contribution is 0.766. The SMILES string of the molecule is [c]1ccc(N(Cc2ccccc2)C2=CCC2)cc1. The fourth-order valence-corrected chi connectivity index (χ4v) is 2.20. The van der Waals surface area contributed by atoms with Gasteiger partial charge in [0.1, 0.15) is 0 Å². The molecule has 1 nitrogen and oxygen atoms in total. The summed E-state index contributed by atoms with van der Waals surface area (Å²) in [5, 5.41) is 0. The zero-order chi connectivity index (χ0) is 12.2. The first kappa shape index (κ1) is 11.1. The van der Waals surface area contributed by atoms with Gasteiger partial charge in [0, 0.05) is 17.9 Å². The summed E-state index contributed by atoms with van der Waals surface area (Å²) in [6, 6.07) is 21.9. The Morgan fingerprint density at radius 1 is 1.00 bits per heavy atom. The summed E-state index contributed by atoms with van der Waals surface area (Å²) >= 11 is 0. The lowest BCUT2D eigenvalue weighted by atomic mass is 10.0. The third-order valence-corrected chi connectivity index (χ3v) is 3.32. The van der Waals surface area contributed by atoms with E-state index in [1.54, 1.807) is 0 Å². The van der Waals surface area contributed by atoms with Crippen LogP contribution in [0.4, 0.5) is 5.69 Å². The first-order valence-electron chi connectivity index (χ1n) is 6.40. The van der Waals surface area contributed by atoms with Crippen LogP contribution in [0.1, 0.15) is 18.4 Å². The van der Waals surface area contributed by atoms with Gasteiger partial charge in [-0.2, -0.15) is 0 Å². The predicted molar refractivity (Wildman–Crippen MR) is 75.2 cm³/mol. The lowest BCUT2D eigenvalue weighted by Crippen LogP contribution is -2.24. The molecule has 1 aliphatic rings. The second kappa shape index (κ2) is 5.09. The van der Waals surface area contributed by atoms with Crippen molar-refractivity contribution in [3.05, 3.63) is 78.0 Å². The maximum absolute atomic E-state index is 3.08. The van der Waals surface area contributed by atoms with Gasteiger partial charge in [0.2, 0.25) is 0 Å². The van der Waals surface area contributed by atoms with Crippen molar-refractivity contribution in [2.75, 3.05) is 4.90 Å². The highest BCUT2D eigenvalue weighted by Crippen LogP contribution is 2.29. The maximum Gasteiger partial charge on any atom is 0.0478 e. The van der Waals surface area contributed by atoms with Crippen LogP contribution in [0.2, 0.25) is 0 Å². The summed E-state index contributed by atoms with van der Waals surface area (Å²) < 4.78 is 0. The third-order valence-electron chi connectivity index (χ3n) is 3.32. The summed E-state index contributed by atoms with van der Waals surface area (Å²) in [6.45, 7) is 0.941. The van der Waals surface area contributed by atoms with Crippen molar-refractivity contribution < 1.29 is 0 Å². The molecule has 0 spiro atoms. The van der Waals surface area contributed by atoms with Crippen molar-refractivity contribution in [2.24, 2.45) is 0 Å². The van der Waals surface area contributed by atoms with Crippen LogP contribution in [0.5, 0.6) is 0 Å². The number of hydrogen-bond acceptors (Lipinski definition) is 1. The Bertz CT molecular complexity index is 528. The fraction of sp³-hybridized carbons (Fsp3) is 0.176. The van der Waals surface area contributed by atoms with Crippen LogP contribution in [0.25, 0.3) is 0 Å². The van der Waals surface area contributed by atoms with Crippen LogP contribution < -0.4 is 4.90 Å². The van der Waals surface area contributed by atoms with Crippen LogP contribution in [0.3, 0.4) is 0 Å². The van der Waals surface area contributed by atoms with Gasteiger partial charge in [-0.3, -0.25) is 0 Å². The molecule has 0 heterocycles. The Hall–Kier alpha value is -2.02. The fourth-order valence-electron chi connectivity index (χ4n) is 2.20. The zero-order valence-electron chi connectivity index (χ0n) is 10.3. The largest absolute Gasteiger partial charge is 0.341 e. The zero-order valence-corrected chi connectivity index (χ0v) is 10.3. The third kappa shape index (κ3) is 2.30. The lowest BCUT2D eigenvalue weighted by Gasteiger charge is -2.31. The molecule has 2 aromatic rings. The molecule has 0 fully saturated rings. The van der Waals surface area contributed by atoms with Crippen molar-refractivity contribution in [1.29, 1.82) is 0 Å². The molecule has 89 valence electrons. The molecular formula is C17H16N. The number of allylic oxidation sites excluding steroid dienone is 2. The van der Waals surface area contributed by atoms with Gasteiger partial charge in [0.05, 0.1) is 0 Å². The number of nitrogens with zero attached hydrogens (tertiary/aromatic N) is 1. The van der Waals surface area contributed by atoms with Crippen molar-refractivity contribution >= 4 is 5.69 Å². The summed E-state index contributed by atoms with van der Waals surface area (Å²) in [5.41, 5.74) is 4.03. The molecule has 0 aromatic heterocycles. The highest BCUT2D eigenvalue weighted by Gasteiger charge is 2.16. The van der Waals surface area contributed by atoms with E-state index in [0.717, 1.165) is 6.54 Å². The molecule has 0 unspecified atom stereocenters. The molecule has 1 radical (unpaired) electrons. The van der Waals surface area contributed by atoms with Crippen LogP contribution in [-0.4, -0.2) is 0 Å². The summed E-state index contributed by atoms with van der Waals surface area (Å²) in [7, 11) is 0. The Morgan fingerprint density at radius 2 is 1.72 bits per heavy atom. The standard InChI is InChI=1S/C17H16N/c1-3-8-15(9-4-1)14-18(17-12-7-13-17)16-10-5-2-6-11-16/h1,3-6,8-12H,7,13-14H2. The Kier molecular flexibility index (Phi) is 3.14. The molecule has 0 saturated heterocycles. The average molecular weight is 234 g/mol. The van der Waals surface area contributed by atoms with Crippen LogP contribution in [-0.2, 0) is 6.54 Å². The van der Waals surface area contributed by atoms with Crippen molar-refractivity contribution in [3.8, 4) is 0 Å². The quantitative estimate of drug-likeness (QED) is 0.767. The Labute approximate surface area is 108 Å². The van der Waals surface area contributed by atoms with Crippen molar-refractivity contribution in [1.82, 2.24) is 0 Å². The molecule has 3 rings (SSSR count).